The van der Waals surface area contributed by atoms with Gasteiger partial charge in [-0.15, -0.1) is 0 Å². The van der Waals surface area contributed by atoms with Gasteiger partial charge in [0, 0.05) is 24.8 Å². The van der Waals surface area contributed by atoms with Crippen molar-refractivity contribution in [2.45, 2.75) is 12.8 Å². The first kappa shape index (κ1) is 13.8. The molecule has 1 aromatic heterocycles. The van der Waals surface area contributed by atoms with E-state index in [9.17, 15) is 4.79 Å². The molecule has 4 rings (SSSR count). The maximum absolute atomic E-state index is 12.2. The van der Waals surface area contributed by atoms with Gasteiger partial charge in [0.2, 0.25) is 6.79 Å². The lowest BCUT2D eigenvalue weighted by Gasteiger charge is -2.15. The van der Waals surface area contributed by atoms with Crippen LogP contribution in [0.15, 0.2) is 30.6 Å². The standard InChI is InChI=1S/C16H16N4O3/c21-16(19-11-3-4-13-14(7-11)23-10-22-13)12-8-18-15(9-17-12)20-5-1-2-6-20/h3-4,7-9H,1-2,5-6,10H2,(H,19,21). The highest BCUT2D eigenvalue weighted by molar-refractivity contribution is 6.02. The molecule has 1 aromatic carbocycles. The van der Waals surface area contributed by atoms with E-state index < -0.39 is 0 Å². The molecular weight excluding hydrogens is 296 g/mol. The number of amides is 1. The van der Waals surface area contributed by atoms with E-state index in [1.54, 1.807) is 24.4 Å². The van der Waals surface area contributed by atoms with Crippen molar-refractivity contribution < 1.29 is 14.3 Å². The molecule has 1 fully saturated rings. The van der Waals surface area contributed by atoms with Gasteiger partial charge in [-0.05, 0) is 25.0 Å². The number of fused-ring (bicyclic) bond motifs is 1. The number of nitrogens with one attached hydrogen (secondary N) is 1. The summed E-state index contributed by atoms with van der Waals surface area (Å²) < 4.78 is 10.5. The molecule has 0 bridgehead atoms. The summed E-state index contributed by atoms with van der Waals surface area (Å²) in [6.45, 7) is 2.20. The highest BCUT2D eigenvalue weighted by atomic mass is 16.7. The van der Waals surface area contributed by atoms with Crippen LogP contribution in [0, 0.1) is 0 Å². The second-order valence-electron chi connectivity index (χ2n) is 5.48. The number of ether oxygens (including phenoxy) is 2. The molecule has 3 heterocycles. The van der Waals surface area contributed by atoms with Crippen LogP contribution in [0.3, 0.4) is 0 Å². The fourth-order valence-corrected chi connectivity index (χ4v) is 2.72. The van der Waals surface area contributed by atoms with Crippen molar-refractivity contribution in [3.05, 3.63) is 36.3 Å². The Bertz CT molecular complexity index is 727. The van der Waals surface area contributed by atoms with E-state index in [2.05, 4.69) is 20.2 Å². The smallest absolute Gasteiger partial charge is 0.275 e. The van der Waals surface area contributed by atoms with Gasteiger partial charge in [-0.2, -0.15) is 0 Å². The van der Waals surface area contributed by atoms with E-state index in [0.717, 1.165) is 18.9 Å². The van der Waals surface area contributed by atoms with Crippen LogP contribution >= 0.6 is 0 Å². The van der Waals surface area contributed by atoms with Crippen LogP contribution in [0.2, 0.25) is 0 Å². The summed E-state index contributed by atoms with van der Waals surface area (Å²) in [6.07, 6.45) is 5.51. The summed E-state index contributed by atoms with van der Waals surface area (Å²) in [5.41, 5.74) is 0.912. The second kappa shape index (κ2) is 5.75. The first-order valence-corrected chi connectivity index (χ1v) is 7.57. The molecule has 0 saturated carbocycles. The van der Waals surface area contributed by atoms with Gasteiger partial charge < -0.3 is 19.7 Å². The fourth-order valence-electron chi connectivity index (χ4n) is 2.72. The molecule has 23 heavy (non-hydrogen) atoms. The Kier molecular flexibility index (Phi) is 3.45. The Morgan fingerprint density at radius 2 is 1.91 bits per heavy atom. The quantitative estimate of drug-likeness (QED) is 0.935. The molecule has 7 nitrogen and oxygen atoms in total. The average molecular weight is 312 g/mol. The molecule has 1 N–H and O–H groups in total. The first-order chi connectivity index (χ1) is 11.3. The van der Waals surface area contributed by atoms with Crippen molar-refractivity contribution in [3.63, 3.8) is 0 Å². The summed E-state index contributed by atoms with van der Waals surface area (Å²) >= 11 is 0. The van der Waals surface area contributed by atoms with Gasteiger partial charge in [0.15, 0.2) is 11.5 Å². The molecule has 7 heteroatoms. The van der Waals surface area contributed by atoms with Crippen molar-refractivity contribution in [2.24, 2.45) is 0 Å². The third-order valence-corrected chi connectivity index (χ3v) is 3.93. The molecule has 118 valence electrons. The van der Waals surface area contributed by atoms with Gasteiger partial charge in [0.05, 0.1) is 12.4 Å². The van der Waals surface area contributed by atoms with Gasteiger partial charge in [-0.25, -0.2) is 9.97 Å². The summed E-state index contributed by atoms with van der Waals surface area (Å²) in [6, 6.07) is 5.25. The number of anilines is 2. The first-order valence-electron chi connectivity index (χ1n) is 7.57. The Morgan fingerprint density at radius 3 is 2.70 bits per heavy atom. The molecular formula is C16H16N4O3. The number of hydrogen-bond acceptors (Lipinski definition) is 6. The fraction of sp³-hybridized carbons (Fsp3) is 0.312. The number of carbonyl (C=O) groups excluding carboxylic acids is 1. The molecule has 0 aliphatic carbocycles. The van der Waals surface area contributed by atoms with Gasteiger partial charge >= 0.3 is 0 Å². The zero-order valence-corrected chi connectivity index (χ0v) is 12.5. The summed E-state index contributed by atoms with van der Waals surface area (Å²) in [5.74, 6) is 1.82. The minimum absolute atomic E-state index is 0.205. The lowest BCUT2D eigenvalue weighted by Crippen LogP contribution is -2.20. The molecule has 2 aromatic rings. The Hall–Kier alpha value is -2.83. The number of hydrogen-bond donors (Lipinski definition) is 1. The highest BCUT2D eigenvalue weighted by Crippen LogP contribution is 2.34. The van der Waals surface area contributed by atoms with Gasteiger partial charge in [-0.3, -0.25) is 4.79 Å². The predicted octanol–water partition coefficient (Wildman–Crippen LogP) is 2.06. The van der Waals surface area contributed by atoms with Crippen molar-refractivity contribution in [2.75, 3.05) is 30.1 Å². The normalized spacial score (nSPS) is 15.7. The van der Waals surface area contributed by atoms with Crippen molar-refractivity contribution in [1.29, 1.82) is 0 Å². The number of aromatic nitrogens is 2. The molecule has 0 unspecified atom stereocenters. The zero-order chi connectivity index (χ0) is 15.6. The predicted molar refractivity (Wildman–Crippen MR) is 84.0 cm³/mol. The zero-order valence-electron chi connectivity index (χ0n) is 12.5. The monoisotopic (exact) mass is 312 g/mol. The molecule has 1 amide bonds. The van der Waals surface area contributed by atoms with Crippen LogP contribution in [0.4, 0.5) is 11.5 Å². The summed E-state index contributed by atoms with van der Waals surface area (Å²) in [7, 11) is 0. The van der Waals surface area contributed by atoms with Crippen LogP contribution in [0.25, 0.3) is 0 Å². The van der Waals surface area contributed by atoms with Gasteiger partial charge in [0.1, 0.15) is 11.5 Å². The van der Waals surface area contributed by atoms with E-state index in [4.69, 9.17) is 9.47 Å². The van der Waals surface area contributed by atoms with E-state index in [1.165, 1.54) is 19.0 Å². The second-order valence-corrected chi connectivity index (χ2v) is 5.48. The van der Waals surface area contributed by atoms with E-state index >= 15 is 0 Å². The van der Waals surface area contributed by atoms with Crippen LogP contribution < -0.4 is 19.7 Å². The topological polar surface area (TPSA) is 76.6 Å². The molecule has 2 aliphatic rings. The SMILES string of the molecule is O=C(Nc1ccc2c(c1)OCO2)c1cnc(N2CCCC2)cn1. The van der Waals surface area contributed by atoms with Crippen LogP contribution in [-0.2, 0) is 0 Å². The number of benzene rings is 1. The minimum atomic E-state index is -0.302. The number of nitrogens with zero attached hydrogens (tertiary/aromatic N) is 3. The molecule has 0 spiro atoms. The molecule has 2 aliphatic heterocycles. The van der Waals surface area contributed by atoms with E-state index in [-0.39, 0.29) is 18.4 Å². The van der Waals surface area contributed by atoms with Crippen LogP contribution in [-0.4, -0.2) is 35.8 Å². The average Bonchev–Trinajstić information content (AvgIpc) is 3.26. The lowest BCUT2D eigenvalue weighted by atomic mass is 10.2. The minimum Gasteiger partial charge on any atom is -0.454 e. The highest BCUT2D eigenvalue weighted by Gasteiger charge is 2.17. The number of rotatable bonds is 3. The van der Waals surface area contributed by atoms with E-state index in [1.807, 2.05) is 0 Å². The third kappa shape index (κ3) is 2.77. The van der Waals surface area contributed by atoms with Gasteiger partial charge in [0.25, 0.3) is 5.91 Å². The van der Waals surface area contributed by atoms with Crippen LogP contribution in [0.1, 0.15) is 23.3 Å². The van der Waals surface area contributed by atoms with E-state index in [0.29, 0.717) is 17.2 Å². The molecule has 0 radical (unpaired) electrons. The third-order valence-electron chi connectivity index (χ3n) is 3.93. The lowest BCUT2D eigenvalue weighted by molar-refractivity contribution is 0.102. The van der Waals surface area contributed by atoms with Gasteiger partial charge in [-0.1, -0.05) is 0 Å². The maximum atomic E-state index is 12.2. The van der Waals surface area contributed by atoms with Crippen molar-refractivity contribution >= 4 is 17.4 Å². The Morgan fingerprint density at radius 1 is 1.09 bits per heavy atom. The van der Waals surface area contributed by atoms with Crippen molar-refractivity contribution in [3.8, 4) is 11.5 Å². The molecule has 1 saturated heterocycles. The largest absolute Gasteiger partial charge is 0.454 e. The summed E-state index contributed by atoms with van der Waals surface area (Å²) in [4.78, 5) is 23.0. The maximum Gasteiger partial charge on any atom is 0.275 e. The van der Waals surface area contributed by atoms with Crippen LogP contribution in [0.5, 0.6) is 11.5 Å². The Balaban J connectivity index is 1.46. The molecule has 0 atom stereocenters. The number of carbonyl (C=O) groups is 1. The summed E-state index contributed by atoms with van der Waals surface area (Å²) in [5, 5.41) is 2.79. The van der Waals surface area contributed by atoms with Crippen molar-refractivity contribution in [1.82, 2.24) is 9.97 Å². The Labute approximate surface area is 133 Å².